The van der Waals surface area contributed by atoms with E-state index >= 15 is 0 Å². The molecule has 0 aliphatic carbocycles. The van der Waals surface area contributed by atoms with Crippen molar-refractivity contribution in [1.82, 2.24) is 19.9 Å². The second-order valence-electron chi connectivity index (χ2n) is 4.53. The van der Waals surface area contributed by atoms with Gasteiger partial charge in [-0.2, -0.15) is 0 Å². The molecule has 0 aliphatic heterocycles. The topological polar surface area (TPSA) is 83.6 Å². The summed E-state index contributed by atoms with van der Waals surface area (Å²) in [5.74, 6) is -0.333. The molecule has 6 nitrogen and oxygen atoms in total. The zero-order valence-corrected chi connectivity index (χ0v) is 12.6. The number of pyridine rings is 1. The molecule has 2 N–H and O–H groups in total. The van der Waals surface area contributed by atoms with Crippen molar-refractivity contribution in [3.8, 4) is 0 Å². The lowest BCUT2D eigenvalue weighted by Crippen LogP contribution is -2.13. The Hall–Kier alpha value is -2.51. The highest BCUT2D eigenvalue weighted by atomic mass is 35.5. The molecule has 0 aliphatic rings. The summed E-state index contributed by atoms with van der Waals surface area (Å²) in [5, 5.41) is 3.78. The number of imidazole rings is 1. The van der Waals surface area contributed by atoms with Gasteiger partial charge in [-0.1, -0.05) is 29.0 Å². The van der Waals surface area contributed by atoms with Crippen LogP contribution in [0.5, 0.6) is 0 Å². The molecule has 0 bridgehead atoms. The summed E-state index contributed by atoms with van der Waals surface area (Å²) in [4.78, 5) is 27.8. The molecule has 8 heteroatoms. The summed E-state index contributed by atoms with van der Waals surface area (Å²) in [6, 6.07) is 8.92. The molecule has 0 unspecified atom stereocenters. The number of hydrogen-bond donors (Lipinski definition) is 2. The van der Waals surface area contributed by atoms with Gasteiger partial charge in [0.15, 0.2) is 10.8 Å². The van der Waals surface area contributed by atoms with Crippen LogP contribution in [0.1, 0.15) is 10.5 Å². The van der Waals surface area contributed by atoms with Crippen molar-refractivity contribution in [1.29, 1.82) is 0 Å². The molecule has 0 spiro atoms. The number of amides is 1. The fraction of sp³-hybridized carbons (Fsp3) is 0. The Morgan fingerprint density at radius 3 is 3.00 bits per heavy atom. The van der Waals surface area contributed by atoms with E-state index in [0.717, 1.165) is 10.2 Å². The van der Waals surface area contributed by atoms with Crippen molar-refractivity contribution in [3.63, 3.8) is 0 Å². The second kappa shape index (κ2) is 5.04. The van der Waals surface area contributed by atoms with E-state index < -0.39 is 0 Å². The standard InChI is InChI=1S/C14H8ClN5OS/c15-7-2-1-3-10-11(7)19-14(22-10)20-13(21)9-5-4-8-12(18-9)17-6-16-8/h1-6H,(H,16,17,18)(H,19,20,21). The smallest absolute Gasteiger partial charge is 0.276 e. The number of nitrogens with zero attached hydrogens (tertiary/aromatic N) is 3. The van der Waals surface area contributed by atoms with Crippen LogP contribution >= 0.6 is 22.9 Å². The molecule has 3 aromatic heterocycles. The summed E-state index contributed by atoms with van der Waals surface area (Å²) >= 11 is 7.45. The van der Waals surface area contributed by atoms with E-state index in [1.165, 1.54) is 17.7 Å². The molecule has 0 atom stereocenters. The highest BCUT2D eigenvalue weighted by molar-refractivity contribution is 7.22. The highest BCUT2D eigenvalue weighted by Gasteiger charge is 2.13. The van der Waals surface area contributed by atoms with Gasteiger partial charge in [-0.25, -0.2) is 15.0 Å². The Bertz CT molecular complexity index is 1010. The van der Waals surface area contributed by atoms with Gasteiger partial charge < -0.3 is 4.98 Å². The van der Waals surface area contributed by atoms with E-state index in [1.807, 2.05) is 12.1 Å². The maximum atomic E-state index is 12.3. The number of rotatable bonds is 2. The third kappa shape index (κ3) is 2.20. The minimum absolute atomic E-state index is 0.282. The minimum Gasteiger partial charge on any atom is -0.343 e. The van der Waals surface area contributed by atoms with Crippen molar-refractivity contribution in [2.24, 2.45) is 0 Å². The zero-order valence-electron chi connectivity index (χ0n) is 11.0. The molecule has 0 saturated carbocycles. The number of carbonyl (C=O) groups is 1. The summed E-state index contributed by atoms with van der Waals surface area (Å²) in [6.45, 7) is 0. The van der Waals surface area contributed by atoms with Gasteiger partial charge in [-0.05, 0) is 24.3 Å². The van der Waals surface area contributed by atoms with Gasteiger partial charge in [-0.15, -0.1) is 0 Å². The maximum absolute atomic E-state index is 12.3. The number of anilines is 1. The van der Waals surface area contributed by atoms with Crippen LogP contribution in [0.2, 0.25) is 5.02 Å². The van der Waals surface area contributed by atoms with E-state index in [2.05, 4.69) is 25.3 Å². The minimum atomic E-state index is -0.333. The van der Waals surface area contributed by atoms with Crippen molar-refractivity contribution in [2.45, 2.75) is 0 Å². The lowest BCUT2D eigenvalue weighted by atomic mass is 10.3. The number of thiazole rings is 1. The van der Waals surface area contributed by atoms with Gasteiger partial charge in [-0.3, -0.25) is 10.1 Å². The largest absolute Gasteiger partial charge is 0.343 e. The summed E-state index contributed by atoms with van der Waals surface area (Å²) in [6.07, 6.45) is 1.54. The quantitative estimate of drug-likeness (QED) is 0.589. The molecule has 3 heterocycles. The number of hydrogen-bond acceptors (Lipinski definition) is 5. The third-order valence-corrected chi connectivity index (χ3v) is 4.35. The van der Waals surface area contributed by atoms with Crippen LogP contribution in [-0.4, -0.2) is 25.8 Å². The molecular formula is C14H8ClN5OS. The molecule has 0 radical (unpaired) electrons. The molecule has 4 aromatic rings. The Morgan fingerprint density at radius 2 is 2.14 bits per heavy atom. The van der Waals surface area contributed by atoms with Crippen LogP contribution in [0.15, 0.2) is 36.7 Å². The first-order valence-electron chi connectivity index (χ1n) is 6.37. The van der Waals surface area contributed by atoms with E-state index in [4.69, 9.17) is 11.6 Å². The van der Waals surface area contributed by atoms with E-state index in [1.54, 1.807) is 18.2 Å². The average molecular weight is 330 g/mol. The molecular weight excluding hydrogens is 322 g/mol. The summed E-state index contributed by atoms with van der Waals surface area (Å²) in [5.41, 5.74) is 2.24. The average Bonchev–Trinajstić information content (AvgIpc) is 3.13. The van der Waals surface area contributed by atoms with Gasteiger partial charge >= 0.3 is 0 Å². The molecule has 108 valence electrons. The Balaban J connectivity index is 1.66. The Labute approximate surface area is 133 Å². The maximum Gasteiger partial charge on any atom is 0.276 e. The Morgan fingerprint density at radius 1 is 1.23 bits per heavy atom. The van der Waals surface area contributed by atoms with E-state index in [0.29, 0.717) is 21.3 Å². The fourth-order valence-corrected chi connectivity index (χ4v) is 3.24. The van der Waals surface area contributed by atoms with Gasteiger partial charge in [0.1, 0.15) is 11.2 Å². The fourth-order valence-electron chi connectivity index (χ4n) is 2.08. The predicted octanol–water partition coefficient (Wildman–Crippen LogP) is 3.47. The monoisotopic (exact) mass is 329 g/mol. The number of benzene rings is 1. The van der Waals surface area contributed by atoms with Crippen LogP contribution in [0, 0.1) is 0 Å². The van der Waals surface area contributed by atoms with Crippen LogP contribution in [0.25, 0.3) is 21.4 Å². The second-order valence-corrected chi connectivity index (χ2v) is 5.97. The van der Waals surface area contributed by atoms with Crippen molar-refractivity contribution < 1.29 is 4.79 Å². The predicted molar refractivity (Wildman–Crippen MR) is 86.5 cm³/mol. The first kappa shape index (κ1) is 13.2. The SMILES string of the molecule is O=C(Nc1nc2c(Cl)cccc2s1)c1ccc2[nH]cnc2n1. The lowest BCUT2D eigenvalue weighted by Gasteiger charge is -2.00. The molecule has 0 saturated heterocycles. The van der Waals surface area contributed by atoms with E-state index in [-0.39, 0.29) is 11.6 Å². The number of halogens is 1. The number of carbonyl (C=O) groups excluding carboxylic acids is 1. The molecule has 22 heavy (non-hydrogen) atoms. The molecule has 0 fully saturated rings. The molecule has 1 aromatic carbocycles. The van der Waals surface area contributed by atoms with Gasteiger partial charge in [0.2, 0.25) is 0 Å². The van der Waals surface area contributed by atoms with Crippen molar-refractivity contribution in [3.05, 3.63) is 47.4 Å². The number of nitrogens with one attached hydrogen (secondary N) is 2. The molecule has 1 amide bonds. The van der Waals surface area contributed by atoms with Crippen molar-refractivity contribution in [2.75, 3.05) is 5.32 Å². The number of aromatic nitrogens is 4. The summed E-state index contributed by atoms with van der Waals surface area (Å²) in [7, 11) is 0. The number of aromatic amines is 1. The third-order valence-electron chi connectivity index (χ3n) is 3.10. The lowest BCUT2D eigenvalue weighted by molar-refractivity contribution is 0.102. The zero-order chi connectivity index (χ0) is 15.1. The van der Waals surface area contributed by atoms with Crippen LogP contribution in [-0.2, 0) is 0 Å². The van der Waals surface area contributed by atoms with Gasteiger partial charge in [0.25, 0.3) is 5.91 Å². The first-order valence-corrected chi connectivity index (χ1v) is 7.57. The van der Waals surface area contributed by atoms with Crippen LogP contribution < -0.4 is 5.32 Å². The normalized spacial score (nSPS) is 11.1. The summed E-state index contributed by atoms with van der Waals surface area (Å²) < 4.78 is 0.915. The number of para-hydroxylation sites is 1. The van der Waals surface area contributed by atoms with E-state index in [9.17, 15) is 4.79 Å². The number of fused-ring (bicyclic) bond motifs is 2. The van der Waals surface area contributed by atoms with Gasteiger partial charge in [0.05, 0.1) is 21.6 Å². The molecule has 4 rings (SSSR count). The Kier molecular flexibility index (Phi) is 3.02. The number of H-pyrrole nitrogens is 1. The van der Waals surface area contributed by atoms with Crippen LogP contribution in [0.4, 0.5) is 5.13 Å². The first-order chi connectivity index (χ1) is 10.7. The van der Waals surface area contributed by atoms with Crippen molar-refractivity contribution >= 4 is 55.4 Å². The van der Waals surface area contributed by atoms with Crippen LogP contribution in [0.3, 0.4) is 0 Å². The van der Waals surface area contributed by atoms with Gasteiger partial charge in [0, 0.05) is 0 Å². The highest BCUT2D eigenvalue weighted by Crippen LogP contribution is 2.30.